The van der Waals surface area contributed by atoms with Gasteiger partial charge in [-0.2, -0.15) is 13.2 Å². The van der Waals surface area contributed by atoms with E-state index in [0.717, 1.165) is 13.2 Å². The van der Waals surface area contributed by atoms with E-state index in [0.29, 0.717) is 12.1 Å². The van der Waals surface area contributed by atoms with Crippen LogP contribution in [0.3, 0.4) is 0 Å². The lowest BCUT2D eigenvalue weighted by Crippen LogP contribution is -2.32. The van der Waals surface area contributed by atoms with Gasteiger partial charge in [0.1, 0.15) is 11.3 Å². The number of carbonyl (C=O) groups is 3. The van der Waals surface area contributed by atoms with E-state index in [1.54, 1.807) is 0 Å². The Balaban J connectivity index is 1.88. The van der Waals surface area contributed by atoms with E-state index in [-0.39, 0.29) is 21.8 Å². The average molecular weight is 365 g/mol. The van der Waals surface area contributed by atoms with E-state index in [1.807, 2.05) is 0 Å². The van der Waals surface area contributed by atoms with Crippen molar-refractivity contribution < 1.29 is 37.1 Å². The molecule has 0 unspecified atom stereocenters. The number of imide groups is 1. The summed E-state index contributed by atoms with van der Waals surface area (Å²) < 4.78 is 43.0. The van der Waals surface area contributed by atoms with Gasteiger partial charge in [0.2, 0.25) is 0 Å². The quantitative estimate of drug-likeness (QED) is 0.782. The zero-order chi connectivity index (χ0) is 19.1. The lowest BCUT2D eigenvalue weighted by molar-refractivity contribution is -0.137. The highest BCUT2D eigenvalue weighted by molar-refractivity contribution is 6.21. The molecule has 2 aromatic carbocycles. The molecule has 6 nitrogen and oxygen atoms in total. The summed E-state index contributed by atoms with van der Waals surface area (Å²) in [4.78, 5) is 41.4. The van der Waals surface area contributed by atoms with Crippen molar-refractivity contribution in [1.82, 2.24) is 5.06 Å². The molecule has 1 aliphatic rings. The van der Waals surface area contributed by atoms with E-state index in [4.69, 9.17) is 9.57 Å². The van der Waals surface area contributed by atoms with E-state index in [1.165, 1.54) is 24.3 Å². The van der Waals surface area contributed by atoms with Crippen molar-refractivity contribution in [2.75, 3.05) is 7.11 Å². The zero-order valence-electron chi connectivity index (χ0n) is 13.2. The van der Waals surface area contributed by atoms with Gasteiger partial charge in [0, 0.05) is 0 Å². The monoisotopic (exact) mass is 365 g/mol. The van der Waals surface area contributed by atoms with Crippen molar-refractivity contribution in [3.63, 3.8) is 0 Å². The molecule has 2 aromatic rings. The summed E-state index contributed by atoms with van der Waals surface area (Å²) in [5, 5.41) is 0.268. The largest absolute Gasteiger partial charge is 0.496 e. The van der Waals surface area contributed by atoms with Crippen LogP contribution in [0.25, 0.3) is 0 Å². The first-order valence-electron chi connectivity index (χ1n) is 7.19. The molecule has 1 aliphatic heterocycles. The summed E-state index contributed by atoms with van der Waals surface area (Å²) in [6, 6.07) is 8.00. The van der Waals surface area contributed by atoms with Crippen LogP contribution in [0.5, 0.6) is 5.75 Å². The maximum absolute atomic E-state index is 12.7. The molecule has 1 heterocycles. The van der Waals surface area contributed by atoms with Gasteiger partial charge in [-0.3, -0.25) is 9.59 Å². The number of hydrogen-bond acceptors (Lipinski definition) is 5. The van der Waals surface area contributed by atoms with E-state index >= 15 is 0 Å². The van der Waals surface area contributed by atoms with Gasteiger partial charge in [-0.05, 0) is 30.3 Å². The van der Waals surface area contributed by atoms with Gasteiger partial charge in [-0.1, -0.05) is 17.2 Å². The van der Waals surface area contributed by atoms with Crippen molar-refractivity contribution in [2.24, 2.45) is 0 Å². The molecule has 0 radical (unpaired) electrons. The normalized spacial score (nSPS) is 13.6. The van der Waals surface area contributed by atoms with Crippen LogP contribution in [-0.2, 0) is 11.0 Å². The van der Waals surface area contributed by atoms with Crippen LogP contribution in [0.4, 0.5) is 13.2 Å². The maximum Gasteiger partial charge on any atom is 0.416 e. The summed E-state index contributed by atoms with van der Waals surface area (Å²) in [5.74, 6) is -3.29. The molecule has 0 spiro atoms. The minimum absolute atomic E-state index is 0.0599. The molecule has 0 atom stereocenters. The van der Waals surface area contributed by atoms with Crippen LogP contribution < -0.4 is 4.74 Å². The Kier molecular flexibility index (Phi) is 4.15. The molecule has 0 aromatic heterocycles. The Morgan fingerprint density at radius 1 is 1.00 bits per heavy atom. The Hall–Kier alpha value is -3.36. The minimum Gasteiger partial charge on any atom is -0.496 e. The molecule has 9 heteroatoms. The Labute approximate surface area is 144 Å². The predicted molar refractivity (Wildman–Crippen MR) is 80.4 cm³/mol. The Morgan fingerprint density at radius 2 is 1.58 bits per heavy atom. The number of carbonyl (C=O) groups excluding carboxylic acids is 3. The molecule has 0 bridgehead atoms. The van der Waals surface area contributed by atoms with Crippen LogP contribution in [0, 0.1) is 0 Å². The third kappa shape index (κ3) is 2.87. The summed E-state index contributed by atoms with van der Waals surface area (Å²) >= 11 is 0. The number of rotatable bonds is 3. The predicted octanol–water partition coefficient (Wildman–Crippen LogP) is 3.08. The second-order valence-electron chi connectivity index (χ2n) is 5.24. The second-order valence-corrected chi connectivity index (χ2v) is 5.24. The van der Waals surface area contributed by atoms with E-state index < -0.39 is 35.3 Å². The Bertz CT molecular complexity index is 888. The van der Waals surface area contributed by atoms with Gasteiger partial charge in [0.15, 0.2) is 0 Å². The highest BCUT2D eigenvalue weighted by atomic mass is 19.4. The molecule has 0 saturated heterocycles. The molecular formula is C17H10F3NO5. The number of methoxy groups -OCH3 is 1. The number of hydrogen-bond donors (Lipinski definition) is 0. The van der Waals surface area contributed by atoms with Gasteiger partial charge < -0.3 is 9.57 Å². The maximum atomic E-state index is 12.7. The van der Waals surface area contributed by atoms with Crippen LogP contribution in [0.15, 0.2) is 42.5 Å². The fourth-order valence-corrected chi connectivity index (χ4v) is 2.42. The van der Waals surface area contributed by atoms with Crippen molar-refractivity contribution >= 4 is 17.8 Å². The zero-order valence-corrected chi connectivity index (χ0v) is 13.2. The molecule has 0 aliphatic carbocycles. The van der Waals surface area contributed by atoms with Gasteiger partial charge in [0.25, 0.3) is 11.8 Å². The number of alkyl halides is 3. The van der Waals surface area contributed by atoms with Crippen LogP contribution in [0.2, 0.25) is 0 Å². The van der Waals surface area contributed by atoms with Gasteiger partial charge >= 0.3 is 12.1 Å². The molecular weight excluding hydrogens is 355 g/mol. The lowest BCUT2D eigenvalue weighted by atomic mass is 10.1. The standard InChI is InChI=1S/C17H10F3NO5/c1-25-13-8-9(17(18,19)20)6-7-12(13)16(24)26-21-14(22)10-4-2-3-5-11(10)15(21)23/h2-8H,1H3. The highest BCUT2D eigenvalue weighted by Gasteiger charge is 2.39. The summed E-state index contributed by atoms with van der Waals surface area (Å²) in [6.07, 6.45) is -4.63. The molecule has 3 rings (SSSR count). The van der Waals surface area contributed by atoms with Gasteiger partial charge in [-0.25, -0.2) is 4.79 Å². The number of fused-ring (bicyclic) bond motifs is 1. The molecule has 26 heavy (non-hydrogen) atoms. The molecule has 0 N–H and O–H groups in total. The van der Waals surface area contributed by atoms with Crippen molar-refractivity contribution in [1.29, 1.82) is 0 Å². The first-order valence-corrected chi connectivity index (χ1v) is 7.19. The number of amides is 2. The number of ether oxygens (including phenoxy) is 1. The molecule has 2 amide bonds. The molecule has 0 fully saturated rings. The second kappa shape index (κ2) is 6.17. The van der Waals surface area contributed by atoms with Crippen LogP contribution >= 0.6 is 0 Å². The smallest absolute Gasteiger partial charge is 0.416 e. The number of hydroxylamine groups is 2. The molecule has 134 valence electrons. The summed E-state index contributed by atoms with van der Waals surface area (Å²) in [7, 11) is 1.08. The fraction of sp³-hybridized carbons (Fsp3) is 0.118. The number of benzene rings is 2. The average Bonchev–Trinajstić information content (AvgIpc) is 2.85. The summed E-state index contributed by atoms with van der Waals surface area (Å²) in [5.41, 5.74) is -1.27. The first-order chi connectivity index (χ1) is 12.2. The first kappa shape index (κ1) is 17.5. The van der Waals surface area contributed by atoms with Gasteiger partial charge in [-0.15, -0.1) is 0 Å². The van der Waals surface area contributed by atoms with Crippen molar-refractivity contribution in [2.45, 2.75) is 6.18 Å². The SMILES string of the molecule is COc1cc(C(F)(F)F)ccc1C(=O)ON1C(=O)c2ccccc2C1=O. The van der Waals surface area contributed by atoms with Gasteiger partial charge in [0.05, 0.1) is 23.8 Å². The van der Waals surface area contributed by atoms with Crippen LogP contribution in [-0.4, -0.2) is 30.0 Å². The topological polar surface area (TPSA) is 72.9 Å². The fourth-order valence-electron chi connectivity index (χ4n) is 2.42. The highest BCUT2D eigenvalue weighted by Crippen LogP contribution is 2.33. The third-order valence-electron chi connectivity index (χ3n) is 3.68. The van der Waals surface area contributed by atoms with Crippen molar-refractivity contribution in [3.8, 4) is 5.75 Å². The van der Waals surface area contributed by atoms with E-state index in [2.05, 4.69) is 0 Å². The van der Waals surface area contributed by atoms with E-state index in [9.17, 15) is 27.6 Å². The van der Waals surface area contributed by atoms with Crippen molar-refractivity contribution in [3.05, 3.63) is 64.7 Å². The lowest BCUT2D eigenvalue weighted by Gasteiger charge is -2.15. The van der Waals surface area contributed by atoms with Crippen LogP contribution in [0.1, 0.15) is 36.6 Å². The summed E-state index contributed by atoms with van der Waals surface area (Å²) in [6.45, 7) is 0. The minimum atomic E-state index is -4.63. The number of nitrogens with zero attached hydrogens (tertiary/aromatic N) is 1. The number of halogens is 3. The molecule has 0 saturated carbocycles. The Morgan fingerprint density at radius 3 is 2.08 bits per heavy atom. The third-order valence-corrected chi connectivity index (χ3v) is 3.68.